The molecule has 3 aromatic rings. The topological polar surface area (TPSA) is 98.3 Å². The lowest BCUT2D eigenvalue weighted by Gasteiger charge is -2.17. The fraction of sp³-hybridized carbons (Fsp3) is 0.238. The van der Waals surface area contributed by atoms with E-state index in [1.54, 1.807) is 15.6 Å². The number of carbonyl (C=O) groups is 1. The first-order valence-corrected chi connectivity index (χ1v) is 11.1. The monoisotopic (exact) mass is 410 g/mol. The number of likely N-dealkylation sites (tertiary alicyclic amines) is 1. The molecule has 2 heterocycles. The van der Waals surface area contributed by atoms with Gasteiger partial charge < -0.3 is 4.90 Å². The van der Waals surface area contributed by atoms with Crippen molar-refractivity contribution >= 4 is 15.9 Å². The van der Waals surface area contributed by atoms with Gasteiger partial charge in [0.1, 0.15) is 5.69 Å². The minimum absolute atomic E-state index is 0.107. The van der Waals surface area contributed by atoms with E-state index < -0.39 is 10.0 Å². The van der Waals surface area contributed by atoms with Crippen molar-refractivity contribution < 1.29 is 13.2 Å². The molecule has 1 atom stereocenters. The molecular formula is C21H22N4O3S. The molecule has 0 saturated carbocycles. The van der Waals surface area contributed by atoms with Gasteiger partial charge in [0, 0.05) is 18.7 Å². The van der Waals surface area contributed by atoms with Gasteiger partial charge in [-0.15, -0.1) is 0 Å². The third-order valence-electron chi connectivity index (χ3n) is 5.04. The van der Waals surface area contributed by atoms with Crippen LogP contribution in [0.15, 0.2) is 66.7 Å². The van der Waals surface area contributed by atoms with E-state index in [1.807, 2.05) is 60.7 Å². The minimum Gasteiger partial charge on any atom is -0.337 e. The van der Waals surface area contributed by atoms with Gasteiger partial charge in [0.05, 0.1) is 17.1 Å². The second kappa shape index (κ2) is 7.81. The molecule has 150 valence electrons. The molecule has 1 aliphatic heterocycles. The molecule has 1 saturated heterocycles. The second-order valence-electron chi connectivity index (χ2n) is 7.26. The number of nitrogens with two attached hydrogens (primary N) is 1. The number of hydrogen-bond acceptors (Lipinski definition) is 4. The fourth-order valence-electron chi connectivity index (χ4n) is 3.69. The molecule has 7 nitrogen and oxygen atoms in total. The number of benzene rings is 2. The molecule has 1 aromatic heterocycles. The van der Waals surface area contributed by atoms with Gasteiger partial charge in [0.15, 0.2) is 0 Å². The van der Waals surface area contributed by atoms with Crippen LogP contribution in [0.2, 0.25) is 0 Å². The van der Waals surface area contributed by atoms with Crippen LogP contribution in [0.4, 0.5) is 0 Å². The summed E-state index contributed by atoms with van der Waals surface area (Å²) in [5, 5.41) is 9.85. The van der Waals surface area contributed by atoms with Crippen LogP contribution in [0.3, 0.4) is 0 Å². The van der Waals surface area contributed by atoms with E-state index in [4.69, 9.17) is 5.14 Å². The summed E-state index contributed by atoms with van der Waals surface area (Å²) in [5.74, 6) is -0.416. The Hall–Kier alpha value is -2.97. The zero-order valence-corrected chi connectivity index (χ0v) is 16.6. The highest BCUT2D eigenvalue weighted by molar-refractivity contribution is 7.89. The summed E-state index contributed by atoms with van der Waals surface area (Å²) in [7, 11) is -3.56. The summed E-state index contributed by atoms with van der Waals surface area (Å²) >= 11 is 0. The Labute approximate surface area is 169 Å². The number of nitrogens with zero attached hydrogens (tertiary/aromatic N) is 3. The highest BCUT2D eigenvalue weighted by Gasteiger charge is 2.31. The molecule has 0 radical (unpaired) electrons. The highest BCUT2D eigenvalue weighted by Crippen LogP contribution is 2.25. The van der Waals surface area contributed by atoms with Crippen molar-refractivity contribution in [3.8, 4) is 16.9 Å². The molecule has 29 heavy (non-hydrogen) atoms. The first-order valence-electron chi connectivity index (χ1n) is 9.41. The number of amides is 1. The van der Waals surface area contributed by atoms with E-state index in [0.717, 1.165) is 11.3 Å². The zero-order chi connectivity index (χ0) is 20.4. The number of rotatable bonds is 5. The van der Waals surface area contributed by atoms with Crippen LogP contribution in [0.5, 0.6) is 0 Å². The maximum atomic E-state index is 13.3. The zero-order valence-electron chi connectivity index (χ0n) is 15.8. The van der Waals surface area contributed by atoms with Gasteiger partial charge in [-0.25, -0.2) is 18.2 Å². The molecule has 0 bridgehead atoms. The van der Waals surface area contributed by atoms with Crippen molar-refractivity contribution in [1.29, 1.82) is 0 Å². The lowest BCUT2D eigenvalue weighted by Crippen LogP contribution is -2.32. The Morgan fingerprint density at radius 3 is 2.38 bits per heavy atom. The van der Waals surface area contributed by atoms with Gasteiger partial charge >= 0.3 is 0 Å². The Bertz CT molecular complexity index is 1110. The third-order valence-corrected chi connectivity index (χ3v) is 5.98. The molecular weight excluding hydrogens is 388 g/mol. The molecule has 8 heteroatoms. The molecule has 1 amide bonds. The number of aromatic nitrogens is 2. The van der Waals surface area contributed by atoms with Crippen LogP contribution < -0.4 is 5.14 Å². The van der Waals surface area contributed by atoms with Crippen molar-refractivity contribution in [2.75, 3.05) is 18.8 Å². The van der Waals surface area contributed by atoms with E-state index in [1.165, 1.54) is 0 Å². The number of carbonyl (C=O) groups excluding carboxylic acids is 1. The SMILES string of the molecule is NS(=O)(=O)C[C@@H]1CCN(C(=O)c2cc(-c3ccccc3)nn2-c2ccccc2)C1. The molecule has 0 unspecified atom stereocenters. The lowest BCUT2D eigenvalue weighted by atomic mass is 10.1. The van der Waals surface area contributed by atoms with Crippen molar-refractivity contribution in [3.63, 3.8) is 0 Å². The summed E-state index contributed by atoms with van der Waals surface area (Å²) in [5.41, 5.74) is 2.87. The van der Waals surface area contributed by atoms with Crippen molar-refractivity contribution in [3.05, 3.63) is 72.4 Å². The van der Waals surface area contributed by atoms with Gasteiger partial charge in [0.2, 0.25) is 10.0 Å². The summed E-state index contributed by atoms with van der Waals surface area (Å²) in [6, 6.07) is 21.0. The molecule has 1 fully saturated rings. The molecule has 0 spiro atoms. The molecule has 1 aliphatic rings. The van der Waals surface area contributed by atoms with E-state index in [9.17, 15) is 13.2 Å². The van der Waals surface area contributed by atoms with Gasteiger partial charge in [-0.05, 0) is 30.5 Å². The fourth-order valence-corrected chi connectivity index (χ4v) is 4.62. The number of sulfonamides is 1. The largest absolute Gasteiger partial charge is 0.337 e. The summed E-state index contributed by atoms with van der Waals surface area (Å²) in [6.45, 7) is 0.871. The van der Waals surface area contributed by atoms with Gasteiger partial charge in [-0.1, -0.05) is 48.5 Å². The van der Waals surface area contributed by atoms with Crippen LogP contribution >= 0.6 is 0 Å². The quantitative estimate of drug-likeness (QED) is 0.698. The predicted octanol–water partition coefficient (Wildman–Crippen LogP) is 2.29. The highest BCUT2D eigenvalue weighted by atomic mass is 32.2. The summed E-state index contributed by atoms with van der Waals surface area (Å²) < 4.78 is 24.4. The molecule has 2 N–H and O–H groups in total. The van der Waals surface area contributed by atoms with Crippen molar-refractivity contribution in [1.82, 2.24) is 14.7 Å². The van der Waals surface area contributed by atoms with E-state index in [0.29, 0.717) is 30.9 Å². The van der Waals surface area contributed by atoms with Gasteiger partial charge in [-0.2, -0.15) is 5.10 Å². The Balaban J connectivity index is 1.67. The maximum absolute atomic E-state index is 13.3. The number of primary sulfonamides is 1. The van der Waals surface area contributed by atoms with Gasteiger partial charge in [-0.3, -0.25) is 4.79 Å². The molecule has 0 aliphatic carbocycles. The minimum atomic E-state index is -3.56. The van der Waals surface area contributed by atoms with Crippen LogP contribution in [0.25, 0.3) is 16.9 Å². The van der Waals surface area contributed by atoms with E-state index in [2.05, 4.69) is 5.10 Å². The standard InChI is InChI=1S/C21H22N4O3S/c22-29(27,28)15-16-11-12-24(14-16)21(26)20-13-19(17-7-3-1-4-8-17)23-25(20)18-9-5-2-6-10-18/h1-10,13,16H,11-12,14-15H2,(H2,22,27,28)/t16-/m1/s1. The van der Waals surface area contributed by atoms with Crippen molar-refractivity contribution in [2.24, 2.45) is 11.1 Å². The Morgan fingerprint density at radius 1 is 1.07 bits per heavy atom. The average molecular weight is 410 g/mol. The van der Waals surface area contributed by atoms with Crippen LogP contribution in [0, 0.1) is 5.92 Å². The normalized spacial score (nSPS) is 16.9. The molecule has 2 aromatic carbocycles. The number of para-hydroxylation sites is 1. The Morgan fingerprint density at radius 2 is 1.72 bits per heavy atom. The number of hydrogen-bond donors (Lipinski definition) is 1. The Kier molecular flexibility index (Phi) is 5.21. The smallest absolute Gasteiger partial charge is 0.272 e. The second-order valence-corrected chi connectivity index (χ2v) is 8.92. The van der Waals surface area contributed by atoms with Crippen molar-refractivity contribution in [2.45, 2.75) is 6.42 Å². The summed E-state index contributed by atoms with van der Waals surface area (Å²) in [6.07, 6.45) is 0.618. The van der Waals surface area contributed by atoms with Gasteiger partial charge in [0.25, 0.3) is 5.91 Å². The van der Waals surface area contributed by atoms with Crippen LogP contribution in [-0.2, 0) is 10.0 Å². The van der Waals surface area contributed by atoms with Crippen LogP contribution in [0.1, 0.15) is 16.9 Å². The lowest BCUT2D eigenvalue weighted by molar-refractivity contribution is 0.0779. The summed E-state index contributed by atoms with van der Waals surface area (Å²) in [4.78, 5) is 15.0. The van der Waals surface area contributed by atoms with E-state index in [-0.39, 0.29) is 17.6 Å². The van der Waals surface area contributed by atoms with Crippen LogP contribution in [-0.4, -0.2) is 47.8 Å². The predicted molar refractivity (Wildman–Crippen MR) is 111 cm³/mol. The maximum Gasteiger partial charge on any atom is 0.272 e. The first kappa shape index (κ1) is 19.4. The van der Waals surface area contributed by atoms with E-state index >= 15 is 0 Å². The molecule has 4 rings (SSSR count). The first-order chi connectivity index (χ1) is 13.9. The average Bonchev–Trinajstić information content (AvgIpc) is 3.35. The third kappa shape index (κ3) is 4.38.